The molecule has 1 aromatic carbocycles. The van der Waals surface area contributed by atoms with Crippen molar-refractivity contribution in [2.24, 2.45) is 0 Å². The molecule has 0 bridgehead atoms. The van der Waals surface area contributed by atoms with Crippen LogP contribution in [-0.4, -0.2) is 14.8 Å². The highest BCUT2D eigenvalue weighted by molar-refractivity contribution is 7.98. The minimum Gasteiger partial charge on any atom is -0.302 e. The molecule has 1 aromatic heterocycles. The summed E-state index contributed by atoms with van der Waals surface area (Å²) >= 11 is 1.56. The van der Waals surface area contributed by atoms with Crippen LogP contribution in [0.25, 0.3) is 0 Å². The average Bonchev–Trinajstić information content (AvgIpc) is 2.79. The molecule has 100 valence electrons. The van der Waals surface area contributed by atoms with Crippen LogP contribution in [0.5, 0.6) is 0 Å². The summed E-state index contributed by atoms with van der Waals surface area (Å²) in [5.74, 6) is 1.41. The quantitative estimate of drug-likeness (QED) is 0.598. The van der Waals surface area contributed by atoms with Crippen molar-refractivity contribution in [3.63, 3.8) is 0 Å². The number of allylic oxidation sites excluding steroid dienone is 1. The summed E-state index contributed by atoms with van der Waals surface area (Å²) in [6.07, 6.45) is 2.66. The Hall–Kier alpha value is -1.62. The van der Waals surface area contributed by atoms with Crippen LogP contribution < -0.4 is 0 Å². The van der Waals surface area contributed by atoms with E-state index in [4.69, 9.17) is 0 Å². The van der Waals surface area contributed by atoms with E-state index in [0.29, 0.717) is 12.3 Å². The Kier molecular flexibility index (Phi) is 4.74. The number of benzene rings is 1. The second-order valence-corrected chi connectivity index (χ2v) is 5.01. The lowest BCUT2D eigenvalue weighted by Gasteiger charge is -2.06. The van der Waals surface area contributed by atoms with E-state index in [2.05, 4.69) is 16.8 Å². The van der Waals surface area contributed by atoms with E-state index in [1.807, 2.05) is 23.6 Å². The summed E-state index contributed by atoms with van der Waals surface area (Å²) in [6, 6.07) is 6.62. The van der Waals surface area contributed by atoms with Crippen molar-refractivity contribution in [2.45, 2.75) is 30.8 Å². The second kappa shape index (κ2) is 6.52. The molecule has 3 nitrogen and oxygen atoms in total. The third-order valence-corrected chi connectivity index (χ3v) is 3.72. The largest absolute Gasteiger partial charge is 0.302 e. The molecular formula is C14H16FN3S. The molecule has 1 heterocycles. The van der Waals surface area contributed by atoms with Crippen LogP contribution in [0.1, 0.15) is 18.3 Å². The molecule has 2 rings (SSSR count). The summed E-state index contributed by atoms with van der Waals surface area (Å²) < 4.78 is 15.1. The predicted molar refractivity (Wildman–Crippen MR) is 75.6 cm³/mol. The van der Waals surface area contributed by atoms with Crippen molar-refractivity contribution in [3.05, 3.63) is 54.1 Å². The number of hydrogen-bond acceptors (Lipinski definition) is 3. The molecular weight excluding hydrogens is 261 g/mol. The average molecular weight is 277 g/mol. The molecule has 0 saturated carbocycles. The molecule has 0 aliphatic rings. The Morgan fingerprint density at radius 3 is 2.95 bits per heavy atom. The normalized spacial score (nSPS) is 10.6. The molecule has 19 heavy (non-hydrogen) atoms. The third-order valence-electron chi connectivity index (χ3n) is 2.68. The fourth-order valence-corrected chi connectivity index (χ4v) is 2.68. The Balaban J connectivity index is 2.10. The van der Waals surface area contributed by atoms with Crippen molar-refractivity contribution in [1.29, 1.82) is 0 Å². The lowest BCUT2D eigenvalue weighted by molar-refractivity contribution is 0.626. The van der Waals surface area contributed by atoms with Gasteiger partial charge in [0.2, 0.25) is 0 Å². The zero-order valence-corrected chi connectivity index (χ0v) is 11.7. The van der Waals surface area contributed by atoms with Gasteiger partial charge in [0.1, 0.15) is 11.6 Å². The third kappa shape index (κ3) is 3.44. The van der Waals surface area contributed by atoms with E-state index in [0.717, 1.165) is 23.0 Å². The Bertz CT molecular complexity index is 566. The molecule has 2 aromatic rings. The molecule has 0 aliphatic heterocycles. The maximum Gasteiger partial charge on any atom is 0.191 e. The molecule has 0 N–H and O–H groups in total. The van der Waals surface area contributed by atoms with Crippen LogP contribution in [0.2, 0.25) is 0 Å². The van der Waals surface area contributed by atoms with Gasteiger partial charge in [0, 0.05) is 18.7 Å². The van der Waals surface area contributed by atoms with E-state index in [9.17, 15) is 4.39 Å². The van der Waals surface area contributed by atoms with Gasteiger partial charge in [-0.25, -0.2) is 4.39 Å². The maximum absolute atomic E-state index is 13.1. The smallest absolute Gasteiger partial charge is 0.191 e. The summed E-state index contributed by atoms with van der Waals surface area (Å²) in [7, 11) is 0. The van der Waals surface area contributed by atoms with Crippen molar-refractivity contribution in [3.8, 4) is 0 Å². The molecule has 0 amide bonds. The number of aromatic nitrogens is 3. The first-order valence-corrected chi connectivity index (χ1v) is 7.13. The highest BCUT2D eigenvalue weighted by Crippen LogP contribution is 2.22. The zero-order valence-electron chi connectivity index (χ0n) is 10.8. The van der Waals surface area contributed by atoms with Gasteiger partial charge in [0.15, 0.2) is 5.16 Å². The monoisotopic (exact) mass is 277 g/mol. The lowest BCUT2D eigenvalue weighted by Crippen LogP contribution is -2.02. The molecule has 0 aliphatic carbocycles. The van der Waals surface area contributed by atoms with Crippen LogP contribution in [0, 0.1) is 5.82 Å². The highest BCUT2D eigenvalue weighted by Gasteiger charge is 2.10. The van der Waals surface area contributed by atoms with Crippen LogP contribution in [0.15, 0.2) is 42.1 Å². The van der Waals surface area contributed by atoms with E-state index in [-0.39, 0.29) is 5.82 Å². The van der Waals surface area contributed by atoms with Crippen LogP contribution >= 0.6 is 11.8 Å². The zero-order chi connectivity index (χ0) is 13.7. The van der Waals surface area contributed by atoms with Crippen molar-refractivity contribution >= 4 is 11.8 Å². The van der Waals surface area contributed by atoms with Gasteiger partial charge in [0.05, 0.1) is 0 Å². The standard InChI is InChI=1S/C14H16FN3S/c1-3-8-18-13(4-2)16-17-14(18)19-10-11-6-5-7-12(15)9-11/h3,5-7,9H,1,4,8,10H2,2H3. The van der Waals surface area contributed by atoms with Crippen molar-refractivity contribution in [2.75, 3.05) is 0 Å². The Morgan fingerprint density at radius 2 is 2.26 bits per heavy atom. The van der Waals surface area contributed by atoms with Gasteiger partial charge in [-0.1, -0.05) is 36.9 Å². The van der Waals surface area contributed by atoms with Gasteiger partial charge >= 0.3 is 0 Å². The molecule has 0 spiro atoms. The second-order valence-electron chi connectivity index (χ2n) is 4.07. The van der Waals surface area contributed by atoms with Gasteiger partial charge in [-0.3, -0.25) is 0 Å². The van der Waals surface area contributed by atoms with Gasteiger partial charge in [-0.2, -0.15) is 0 Å². The fraction of sp³-hybridized carbons (Fsp3) is 0.286. The van der Waals surface area contributed by atoms with Crippen molar-refractivity contribution < 1.29 is 4.39 Å². The Morgan fingerprint density at radius 1 is 1.42 bits per heavy atom. The molecule has 0 radical (unpaired) electrons. The minimum atomic E-state index is -0.208. The van der Waals surface area contributed by atoms with E-state index in [1.165, 1.54) is 6.07 Å². The number of aryl methyl sites for hydroxylation is 1. The molecule has 0 fully saturated rings. The summed E-state index contributed by atoms with van der Waals surface area (Å²) in [6.45, 7) is 6.49. The number of hydrogen-bond donors (Lipinski definition) is 0. The fourth-order valence-electron chi connectivity index (χ4n) is 1.77. The Labute approximate surface area is 116 Å². The maximum atomic E-state index is 13.1. The minimum absolute atomic E-state index is 0.208. The van der Waals surface area contributed by atoms with Crippen molar-refractivity contribution in [1.82, 2.24) is 14.8 Å². The first-order valence-electron chi connectivity index (χ1n) is 6.14. The number of halogens is 1. The van der Waals surface area contributed by atoms with Gasteiger partial charge < -0.3 is 4.57 Å². The van der Waals surface area contributed by atoms with Crippen LogP contribution in [0.3, 0.4) is 0 Å². The van der Waals surface area contributed by atoms with Gasteiger partial charge in [-0.05, 0) is 17.7 Å². The summed E-state index contributed by atoms with van der Waals surface area (Å²) in [5, 5.41) is 9.18. The van der Waals surface area contributed by atoms with Gasteiger partial charge in [0.25, 0.3) is 0 Å². The number of rotatable bonds is 6. The first kappa shape index (κ1) is 13.8. The SMILES string of the molecule is C=CCn1c(CC)nnc1SCc1cccc(F)c1. The molecule has 0 unspecified atom stereocenters. The van der Waals surface area contributed by atoms with E-state index in [1.54, 1.807) is 23.9 Å². The number of nitrogens with zero attached hydrogens (tertiary/aromatic N) is 3. The highest BCUT2D eigenvalue weighted by atomic mass is 32.2. The van der Waals surface area contributed by atoms with Gasteiger partial charge in [-0.15, -0.1) is 16.8 Å². The predicted octanol–water partition coefficient (Wildman–Crippen LogP) is 3.46. The lowest BCUT2D eigenvalue weighted by atomic mass is 10.2. The topological polar surface area (TPSA) is 30.7 Å². The van der Waals surface area contributed by atoms with E-state index >= 15 is 0 Å². The number of thioether (sulfide) groups is 1. The van der Waals surface area contributed by atoms with E-state index < -0.39 is 0 Å². The molecule has 0 saturated heterocycles. The summed E-state index contributed by atoms with van der Waals surface area (Å²) in [4.78, 5) is 0. The van der Waals surface area contributed by atoms with Crippen LogP contribution in [-0.2, 0) is 18.7 Å². The molecule has 0 atom stereocenters. The summed E-state index contributed by atoms with van der Waals surface area (Å²) in [5.41, 5.74) is 0.941. The first-order chi connectivity index (χ1) is 9.24. The van der Waals surface area contributed by atoms with Crippen LogP contribution in [0.4, 0.5) is 4.39 Å². The molecule has 5 heteroatoms.